The summed E-state index contributed by atoms with van der Waals surface area (Å²) in [5.41, 5.74) is 4.58. The Hall–Kier alpha value is -2.63. The maximum Gasteiger partial charge on any atom is 0.328 e. The van der Waals surface area contributed by atoms with Crippen molar-refractivity contribution in [1.29, 1.82) is 0 Å². The minimum absolute atomic E-state index is 0.165. The first kappa shape index (κ1) is 35.8. The Bertz CT molecular complexity index is 1450. The summed E-state index contributed by atoms with van der Waals surface area (Å²) in [5.74, 6) is 0.399. The van der Waals surface area contributed by atoms with Gasteiger partial charge in [-0.3, -0.25) is 4.52 Å². The standard InChI is InChI=1S/C37H53O6P/c1-21-14-31(38)28(34(5,6)7)17-25(21)24(4)20-37(43-44(41)42,26-18-29(35(8,9)10)32(39)15-22(26)2)27-19-30(36(11,12)13)33(40)16-23(27)3/h14-19,24,38-42H,20H2,1-13H3. The molecule has 0 saturated heterocycles. The van der Waals surface area contributed by atoms with Crippen LogP contribution in [0.15, 0.2) is 36.4 Å². The minimum atomic E-state index is -2.85. The van der Waals surface area contributed by atoms with E-state index < -0.39 is 25.0 Å². The van der Waals surface area contributed by atoms with E-state index in [9.17, 15) is 25.1 Å². The Morgan fingerprint density at radius 1 is 0.568 bits per heavy atom. The Kier molecular flexibility index (Phi) is 10.0. The number of hydrogen-bond donors (Lipinski definition) is 5. The Balaban J connectivity index is 2.51. The van der Waals surface area contributed by atoms with Crippen LogP contribution in [0.3, 0.4) is 0 Å². The lowest BCUT2D eigenvalue weighted by molar-refractivity contribution is 0.0744. The second kappa shape index (κ2) is 12.3. The van der Waals surface area contributed by atoms with Crippen molar-refractivity contribution in [2.75, 3.05) is 0 Å². The Morgan fingerprint density at radius 2 is 0.909 bits per heavy atom. The fraction of sp³-hybridized carbons (Fsp3) is 0.514. The van der Waals surface area contributed by atoms with Gasteiger partial charge in [0.25, 0.3) is 0 Å². The average molecular weight is 625 g/mol. The van der Waals surface area contributed by atoms with Crippen LogP contribution in [0.4, 0.5) is 0 Å². The van der Waals surface area contributed by atoms with E-state index in [1.54, 1.807) is 18.2 Å². The lowest BCUT2D eigenvalue weighted by Crippen LogP contribution is -2.34. The number of benzene rings is 3. The van der Waals surface area contributed by atoms with E-state index in [0.29, 0.717) is 28.7 Å². The van der Waals surface area contributed by atoms with Gasteiger partial charge in [-0.05, 0) is 130 Å². The average Bonchev–Trinajstić information content (AvgIpc) is 2.80. The Labute approximate surface area is 265 Å². The zero-order valence-corrected chi connectivity index (χ0v) is 29.7. The highest BCUT2D eigenvalue weighted by molar-refractivity contribution is 7.39. The van der Waals surface area contributed by atoms with Crippen molar-refractivity contribution in [2.45, 2.75) is 124 Å². The predicted molar refractivity (Wildman–Crippen MR) is 181 cm³/mol. The van der Waals surface area contributed by atoms with Gasteiger partial charge >= 0.3 is 8.60 Å². The Morgan fingerprint density at radius 3 is 1.25 bits per heavy atom. The molecule has 0 aromatic heterocycles. The largest absolute Gasteiger partial charge is 0.508 e. The van der Waals surface area contributed by atoms with E-state index in [0.717, 1.165) is 27.8 Å². The van der Waals surface area contributed by atoms with Crippen molar-refractivity contribution in [2.24, 2.45) is 0 Å². The minimum Gasteiger partial charge on any atom is -0.508 e. The number of phenols is 3. The van der Waals surface area contributed by atoms with E-state index in [1.165, 1.54) is 0 Å². The number of hydrogen-bond acceptors (Lipinski definition) is 6. The predicted octanol–water partition coefficient (Wildman–Crippen LogP) is 9.29. The van der Waals surface area contributed by atoms with Crippen LogP contribution in [0.5, 0.6) is 17.2 Å². The van der Waals surface area contributed by atoms with Crippen LogP contribution < -0.4 is 0 Å². The first-order valence-corrected chi connectivity index (χ1v) is 16.5. The van der Waals surface area contributed by atoms with Gasteiger partial charge < -0.3 is 25.1 Å². The summed E-state index contributed by atoms with van der Waals surface area (Å²) < 4.78 is 6.40. The molecule has 5 N–H and O–H groups in total. The molecule has 0 radical (unpaired) electrons. The van der Waals surface area contributed by atoms with Crippen LogP contribution in [0.2, 0.25) is 0 Å². The third-order valence-corrected chi connectivity index (χ3v) is 9.20. The van der Waals surface area contributed by atoms with Gasteiger partial charge in [0.05, 0.1) is 0 Å². The summed E-state index contributed by atoms with van der Waals surface area (Å²) in [4.78, 5) is 21.3. The molecule has 7 heteroatoms. The van der Waals surface area contributed by atoms with Crippen LogP contribution in [0.25, 0.3) is 0 Å². The van der Waals surface area contributed by atoms with E-state index >= 15 is 0 Å². The molecule has 242 valence electrons. The van der Waals surface area contributed by atoms with E-state index in [2.05, 4.69) is 33.8 Å². The zero-order valence-electron chi connectivity index (χ0n) is 28.8. The zero-order chi connectivity index (χ0) is 33.7. The third-order valence-electron chi connectivity index (χ3n) is 8.73. The molecule has 3 aromatic carbocycles. The SMILES string of the molecule is Cc1cc(O)c(C(C)(C)C)cc1C(C)CC(OP(O)O)(c1cc(C(C)(C)C)c(O)cc1C)c1cc(C(C)(C)C)c(O)cc1C. The van der Waals surface area contributed by atoms with Gasteiger partial charge in [0, 0.05) is 0 Å². The summed E-state index contributed by atoms with van der Waals surface area (Å²) in [6.07, 6.45) is 0.312. The van der Waals surface area contributed by atoms with Crippen molar-refractivity contribution in [3.63, 3.8) is 0 Å². The first-order chi connectivity index (χ1) is 19.9. The van der Waals surface area contributed by atoms with Crippen LogP contribution in [0, 0.1) is 20.8 Å². The summed E-state index contributed by atoms with van der Waals surface area (Å²) in [7, 11) is -2.85. The van der Waals surface area contributed by atoms with Crippen LogP contribution in [-0.2, 0) is 26.4 Å². The molecule has 0 bridgehead atoms. The summed E-state index contributed by atoms with van der Waals surface area (Å²) >= 11 is 0. The molecule has 0 aliphatic rings. The molecule has 3 aromatic rings. The fourth-order valence-corrected chi connectivity index (χ4v) is 7.03. The van der Waals surface area contributed by atoms with Crippen LogP contribution >= 0.6 is 8.60 Å². The molecular formula is C37H53O6P. The van der Waals surface area contributed by atoms with Crippen molar-refractivity contribution in [3.8, 4) is 17.2 Å². The maximum absolute atomic E-state index is 11.0. The van der Waals surface area contributed by atoms with Crippen LogP contribution in [-0.4, -0.2) is 25.1 Å². The van der Waals surface area contributed by atoms with Gasteiger partial charge in [0.1, 0.15) is 22.8 Å². The molecule has 0 heterocycles. The monoisotopic (exact) mass is 624 g/mol. The third kappa shape index (κ3) is 7.26. The molecule has 3 rings (SSSR count). The molecule has 0 amide bonds. The van der Waals surface area contributed by atoms with E-state index in [4.69, 9.17) is 4.52 Å². The molecule has 0 aliphatic carbocycles. The van der Waals surface area contributed by atoms with Crippen LogP contribution in [0.1, 0.15) is 132 Å². The maximum atomic E-state index is 11.0. The molecule has 0 aliphatic heterocycles. The fourth-order valence-electron chi connectivity index (χ4n) is 6.48. The van der Waals surface area contributed by atoms with Gasteiger partial charge in [0.2, 0.25) is 0 Å². The van der Waals surface area contributed by atoms with Gasteiger partial charge in [-0.25, -0.2) is 0 Å². The molecule has 44 heavy (non-hydrogen) atoms. The number of aromatic hydroxyl groups is 3. The summed E-state index contributed by atoms with van der Waals surface area (Å²) in [6.45, 7) is 26.2. The topological polar surface area (TPSA) is 110 Å². The molecule has 1 atom stereocenters. The molecule has 0 fully saturated rings. The van der Waals surface area contributed by atoms with Gasteiger partial charge in [-0.1, -0.05) is 75.3 Å². The lowest BCUT2D eigenvalue weighted by atomic mass is 9.71. The molecule has 6 nitrogen and oxygen atoms in total. The highest BCUT2D eigenvalue weighted by Crippen LogP contribution is 2.53. The quantitative estimate of drug-likeness (QED) is 0.168. The van der Waals surface area contributed by atoms with Crippen molar-refractivity contribution >= 4 is 8.60 Å². The highest BCUT2D eigenvalue weighted by Gasteiger charge is 2.44. The van der Waals surface area contributed by atoms with Gasteiger partial charge in [-0.15, -0.1) is 0 Å². The number of phenolic OH excluding ortho intramolecular Hbond substituents is 3. The lowest BCUT2D eigenvalue weighted by Gasteiger charge is -2.41. The number of rotatable bonds is 7. The van der Waals surface area contributed by atoms with Crippen molar-refractivity contribution in [1.82, 2.24) is 0 Å². The second-order valence-electron chi connectivity index (χ2n) is 15.6. The molecule has 0 spiro atoms. The molecule has 0 saturated carbocycles. The normalized spacial score (nSPS) is 13.9. The summed E-state index contributed by atoms with van der Waals surface area (Å²) in [5, 5.41) is 32.9. The second-order valence-corrected chi connectivity index (χ2v) is 16.3. The van der Waals surface area contributed by atoms with Gasteiger partial charge in [0.15, 0.2) is 0 Å². The first-order valence-electron chi connectivity index (χ1n) is 15.3. The highest BCUT2D eigenvalue weighted by atomic mass is 31.2. The molecular weight excluding hydrogens is 571 g/mol. The molecule has 1 unspecified atom stereocenters. The smallest absolute Gasteiger partial charge is 0.328 e. The van der Waals surface area contributed by atoms with Crippen molar-refractivity contribution < 1.29 is 29.6 Å². The summed E-state index contributed by atoms with van der Waals surface area (Å²) in [6, 6.07) is 11.2. The number of aryl methyl sites for hydroxylation is 3. The van der Waals surface area contributed by atoms with Crippen molar-refractivity contribution in [3.05, 3.63) is 86.5 Å². The van der Waals surface area contributed by atoms with E-state index in [1.807, 2.05) is 74.4 Å². The van der Waals surface area contributed by atoms with Gasteiger partial charge in [-0.2, -0.15) is 0 Å². The van der Waals surface area contributed by atoms with E-state index in [-0.39, 0.29) is 28.6 Å².